The maximum Gasteiger partial charge on any atom is 0.318 e. The molecule has 1 heterocycles. The number of hydrogen-bond donors (Lipinski definition) is 2. The largest absolute Gasteiger partial charge is 0.465 e. The quantitative estimate of drug-likeness (QED) is 0.435. The Balaban J connectivity index is 2.01. The first-order valence-electron chi connectivity index (χ1n) is 10.9. The van der Waals surface area contributed by atoms with E-state index in [9.17, 15) is 4.79 Å². The zero-order valence-corrected chi connectivity index (χ0v) is 20.1. The minimum Gasteiger partial charge on any atom is -0.465 e. The fourth-order valence-electron chi connectivity index (χ4n) is 4.25. The fourth-order valence-corrected chi connectivity index (χ4v) is 4.51. The van der Waals surface area contributed by atoms with E-state index in [4.69, 9.17) is 31.8 Å². The Hall–Kier alpha value is -2.41. The van der Waals surface area contributed by atoms with Gasteiger partial charge in [0.25, 0.3) is 0 Å². The van der Waals surface area contributed by atoms with Crippen LogP contribution in [0.25, 0.3) is 11.0 Å². The number of rotatable bonds is 9. The average Bonchev–Trinajstić information content (AvgIpc) is 3.18. The van der Waals surface area contributed by atoms with Crippen LogP contribution in [0, 0.1) is 5.92 Å². The van der Waals surface area contributed by atoms with Crippen molar-refractivity contribution >= 4 is 28.6 Å². The molecule has 3 rings (SSSR count). The van der Waals surface area contributed by atoms with Gasteiger partial charge in [0.1, 0.15) is 11.2 Å². The van der Waals surface area contributed by atoms with Crippen molar-refractivity contribution in [3.05, 3.63) is 64.4 Å². The number of nitrogens with zero attached hydrogens (tertiary/aromatic N) is 1. The summed E-state index contributed by atoms with van der Waals surface area (Å²) < 4.78 is 10.7. The maximum absolute atomic E-state index is 12.7. The van der Waals surface area contributed by atoms with Gasteiger partial charge in [-0.3, -0.25) is 4.79 Å². The van der Waals surface area contributed by atoms with Crippen molar-refractivity contribution in [3.63, 3.8) is 0 Å². The van der Waals surface area contributed by atoms with Crippen LogP contribution in [-0.2, 0) is 19.7 Å². The van der Waals surface area contributed by atoms with E-state index in [2.05, 4.69) is 18.8 Å². The van der Waals surface area contributed by atoms with E-state index >= 15 is 0 Å². The van der Waals surface area contributed by atoms with Crippen LogP contribution in [0.1, 0.15) is 56.6 Å². The molecule has 0 saturated heterocycles. The summed E-state index contributed by atoms with van der Waals surface area (Å²) in [5.74, 6) is 0.598. The zero-order chi connectivity index (χ0) is 23.5. The van der Waals surface area contributed by atoms with Crippen molar-refractivity contribution in [2.45, 2.75) is 45.1 Å². The molecule has 1 unspecified atom stereocenters. The number of aromatic nitrogens is 2. The molecule has 6 nitrogen and oxygen atoms in total. The highest BCUT2D eigenvalue weighted by molar-refractivity contribution is 6.31. The molecule has 3 atom stereocenters. The Labute approximate surface area is 194 Å². The van der Waals surface area contributed by atoms with E-state index in [1.807, 2.05) is 49.4 Å². The second-order valence-electron chi connectivity index (χ2n) is 8.66. The smallest absolute Gasteiger partial charge is 0.318 e. The second kappa shape index (κ2) is 10.0. The van der Waals surface area contributed by atoms with Crippen molar-refractivity contribution in [2.75, 3.05) is 20.3 Å². The monoisotopic (exact) mass is 457 g/mol. The van der Waals surface area contributed by atoms with Crippen LogP contribution in [0.4, 0.5) is 0 Å². The Bertz CT molecular complexity index is 1080. The number of methoxy groups -OCH3 is 1. The third kappa shape index (κ3) is 4.68. The van der Waals surface area contributed by atoms with Crippen LogP contribution in [0.3, 0.4) is 0 Å². The number of carbonyl (C=O) groups excluding carboxylic acids is 1. The number of imidazole rings is 1. The van der Waals surface area contributed by atoms with Gasteiger partial charge in [-0.25, -0.2) is 4.98 Å². The summed E-state index contributed by atoms with van der Waals surface area (Å²) in [6.45, 7) is 8.39. The molecule has 1 aromatic heterocycles. The second-order valence-corrected chi connectivity index (χ2v) is 9.06. The minimum atomic E-state index is -0.926. The zero-order valence-electron chi connectivity index (χ0n) is 19.3. The molecular formula is C25H32ClN3O3. The van der Waals surface area contributed by atoms with Gasteiger partial charge in [0, 0.05) is 18.1 Å². The highest BCUT2D eigenvalue weighted by atomic mass is 35.5. The first-order valence-corrected chi connectivity index (χ1v) is 11.3. The van der Waals surface area contributed by atoms with Crippen molar-refractivity contribution < 1.29 is 14.3 Å². The number of esters is 1. The van der Waals surface area contributed by atoms with Crippen LogP contribution in [0.15, 0.2) is 42.5 Å². The normalized spacial score (nSPS) is 15.5. The van der Waals surface area contributed by atoms with Crippen LogP contribution in [-0.4, -0.2) is 36.3 Å². The number of halogens is 1. The predicted octanol–water partition coefficient (Wildman–Crippen LogP) is 5.12. The summed E-state index contributed by atoms with van der Waals surface area (Å²) in [5, 5.41) is 0.699. The molecule has 0 saturated carbocycles. The number of ether oxygens (including phenoxy) is 2. The number of aromatic amines is 1. The molecule has 0 spiro atoms. The molecule has 0 amide bonds. The Kier molecular flexibility index (Phi) is 7.59. The van der Waals surface area contributed by atoms with Crippen molar-refractivity contribution in [1.82, 2.24) is 9.97 Å². The summed E-state index contributed by atoms with van der Waals surface area (Å²) in [5.41, 5.74) is 9.18. The number of H-pyrrole nitrogens is 1. The minimum absolute atomic E-state index is 0.0120. The number of fused-ring (bicyclic) bond motifs is 1. The molecule has 3 N–H and O–H groups in total. The lowest BCUT2D eigenvalue weighted by atomic mass is 9.82. The Morgan fingerprint density at radius 2 is 1.97 bits per heavy atom. The lowest BCUT2D eigenvalue weighted by molar-refractivity contribution is -0.151. The molecule has 32 heavy (non-hydrogen) atoms. The number of benzene rings is 2. The van der Waals surface area contributed by atoms with Gasteiger partial charge in [-0.05, 0) is 49.1 Å². The van der Waals surface area contributed by atoms with E-state index in [1.165, 1.54) is 0 Å². The highest BCUT2D eigenvalue weighted by Gasteiger charge is 2.37. The first kappa shape index (κ1) is 24.2. The van der Waals surface area contributed by atoms with Gasteiger partial charge in [0.15, 0.2) is 0 Å². The summed E-state index contributed by atoms with van der Waals surface area (Å²) in [7, 11) is 1.57. The molecule has 2 aromatic carbocycles. The van der Waals surface area contributed by atoms with E-state index < -0.39 is 5.41 Å². The molecule has 0 radical (unpaired) electrons. The average molecular weight is 458 g/mol. The molecule has 7 heteroatoms. The van der Waals surface area contributed by atoms with Gasteiger partial charge in [-0.2, -0.15) is 0 Å². The van der Waals surface area contributed by atoms with Gasteiger partial charge < -0.3 is 20.2 Å². The predicted molar refractivity (Wildman–Crippen MR) is 128 cm³/mol. The third-order valence-electron chi connectivity index (χ3n) is 5.98. The molecule has 3 aromatic rings. The fraction of sp³-hybridized carbons (Fsp3) is 0.440. The van der Waals surface area contributed by atoms with E-state index in [1.54, 1.807) is 14.0 Å². The SMILES string of the molecule is CCOC(=O)C(C)(COC)c1ccc2nc([C@@H](N)[C@H](c3ccccc3Cl)C(C)C)[nH]c2c1. The van der Waals surface area contributed by atoms with Gasteiger partial charge >= 0.3 is 5.97 Å². The Morgan fingerprint density at radius 3 is 2.59 bits per heavy atom. The summed E-state index contributed by atoms with van der Waals surface area (Å²) >= 11 is 6.49. The first-order chi connectivity index (χ1) is 15.2. The van der Waals surface area contributed by atoms with E-state index in [0.29, 0.717) is 17.5 Å². The topological polar surface area (TPSA) is 90.2 Å². The highest BCUT2D eigenvalue weighted by Crippen LogP contribution is 2.38. The van der Waals surface area contributed by atoms with Crippen molar-refractivity contribution in [3.8, 4) is 0 Å². The van der Waals surface area contributed by atoms with Crippen molar-refractivity contribution in [2.24, 2.45) is 11.7 Å². The molecule has 0 aliphatic heterocycles. The van der Waals surface area contributed by atoms with Crippen LogP contribution in [0.2, 0.25) is 5.02 Å². The summed E-state index contributed by atoms with van der Waals surface area (Å²) in [4.78, 5) is 20.8. The third-order valence-corrected chi connectivity index (χ3v) is 6.33. The molecule has 172 valence electrons. The van der Waals surface area contributed by atoms with Crippen molar-refractivity contribution in [1.29, 1.82) is 0 Å². The van der Waals surface area contributed by atoms with Gasteiger partial charge in [-0.1, -0.05) is 49.7 Å². The number of nitrogens with two attached hydrogens (primary N) is 1. The van der Waals surface area contributed by atoms with Crippen LogP contribution >= 0.6 is 11.6 Å². The van der Waals surface area contributed by atoms with Gasteiger partial charge in [0.05, 0.1) is 30.3 Å². The number of carbonyl (C=O) groups is 1. The van der Waals surface area contributed by atoms with Gasteiger partial charge in [0.2, 0.25) is 0 Å². The maximum atomic E-state index is 12.7. The molecule has 0 aliphatic carbocycles. The standard InChI is InChI=1S/C25H32ClN3O3/c1-6-32-24(30)25(4,14-31-5)16-11-12-19-20(13-16)29-23(28-19)22(27)21(15(2)3)17-9-7-8-10-18(17)26/h7-13,15,21-22H,6,14,27H2,1-5H3,(H,28,29)/t21-,22-,25?/m0/s1. The molecular weight excluding hydrogens is 426 g/mol. The van der Waals surface area contributed by atoms with Crippen LogP contribution in [0.5, 0.6) is 0 Å². The van der Waals surface area contributed by atoms with Crippen LogP contribution < -0.4 is 5.73 Å². The van der Waals surface area contributed by atoms with E-state index in [-0.39, 0.29) is 30.5 Å². The van der Waals surface area contributed by atoms with E-state index in [0.717, 1.165) is 22.2 Å². The van der Waals surface area contributed by atoms with Gasteiger partial charge in [-0.15, -0.1) is 0 Å². The Morgan fingerprint density at radius 1 is 1.25 bits per heavy atom. The molecule has 0 fully saturated rings. The number of hydrogen-bond acceptors (Lipinski definition) is 5. The lowest BCUT2D eigenvalue weighted by Crippen LogP contribution is -2.38. The lowest BCUT2D eigenvalue weighted by Gasteiger charge is -2.27. The molecule has 0 bridgehead atoms. The molecule has 0 aliphatic rings. The summed E-state index contributed by atoms with van der Waals surface area (Å²) in [6, 6.07) is 13.1. The number of nitrogens with one attached hydrogen (secondary N) is 1. The summed E-state index contributed by atoms with van der Waals surface area (Å²) in [6.07, 6.45) is 0.